The summed E-state index contributed by atoms with van der Waals surface area (Å²) in [6, 6.07) is 6.82. The molecule has 2 aromatic carbocycles. The van der Waals surface area contributed by atoms with Crippen LogP contribution in [0.25, 0.3) is 0 Å². The summed E-state index contributed by atoms with van der Waals surface area (Å²) in [5.74, 6) is 0.685. The maximum absolute atomic E-state index is 13.3. The number of nitrogens with one attached hydrogen (secondary N) is 1. The van der Waals surface area contributed by atoms with Crippen LogP contribution < -0.4 is 19.5 Å². The molecule has 0 spiro atoms. The molecule has 1 heterocycles. The zero-order chi connectivity index (χ0) is 22.8. The number of nitrogens with zero attached hydrogens (tertiary/aromatic N) is 1. The maximum Gasteiger partial charge on any atom is 0.243 e. The van der Waals surface area contributed by atoms with Crippen molar-refractivity contribution < 1.29 is 27.4 Å². The van der Waals surface area contributed by atoms with E-state index < -0.39 is 22.0 Å². The molecule has 1 saturated heterocycles. The fourth-order valence-electron chi connectivity index (χ4n) is 3.55. The highest BCUT2D eigenvalue weighted by Gasteiger charge is 2.40. The van der Waals surface area contributed by atoms with Gasteiger partial charge in [-0.2, -0.15) is 4.31 Å². The van der Waals surface area contributed by atoms with Crippen LogP contribution in [0, 0.1) is 6.92 Å². The molecule has 0 aromatic heterocycles. The van der Waals surface area contributed by atoms with Gasteiger partial charge >= 0.3 is 0 Å². The second kappa shape index (κ2) is 9.33. The molecule has 1 atom stereocenters. The molecule has 0 saturated carbocycles. The topological polar surface area (TPSA) is 94.2 Å². The first-order valence-electron chi connectivity index (χ1n) is 9.61. The van der Waals surface area contributed by atoms with Crippen molar-refractivity contribution in [3.8, 4) is 17.2 Å². The van der Waals surface area contributed by atoms with Crippen molar-refractivity contribution >= 4 is 33.2 Å². The van der Waals surface area contributed by atoms with E-state index in [2.05, 4.69) is 5.32 Å². The fourth-order valence-corrected chi connectivity index (χ4v) is 5.37. The van der Waals surface area contributed by atoms with Crippen molar-refractivity contribution in [3.63, 3.8) is 0 Å². The third kappa shape index (κ3) is 4.58. The highest BCUT2D eigenvalue weighted by Crippen LogP contribution is 2.35. The van der Waals surface area contributed by atoms with Gasteiger partial charge in [-0.1, -0.05) is 11.6 Å². The number of carbonyl (C=O) groups is 1. The summed E-state index contributed by atoms with van der Waals surface area (Å²) >= 11 is 6.13. The van der Waals surface area contributed by atoms with Crippen LogP contribution in [0.1, 0.15) is 18.4 Å². The average molecular weight is 469 g/mol. The first-order valence-corrected chi connectivity index (χ1v) is 11.4. The highest BCUT2D eigenvalue weighted by molar-refractivity contribution is 7.89. The monoisotopic (exact) mass is 468 g/mol. The van der Waals surface area contributed by atoms with E-state index >= 15 is 0 Å². The number of anilines is 1. The minimum atomic E-state index is -3.93. The SMILES string of the molecule is COc1cc(Cl)c(C)cc1NC(=O)C1CCCN1S(=O)(=O)c1ccc(OC)c(OC)c1. The van der Waals surface area contributed by atoms with Crippen molar-refractivity contribution in [3.05, 3.63) is 40.9 Å². The van der Waals surface area contributed by atoms with E-state index in [-0.39, 0.29) is 11.4 Å². The van der Waals surface area contributed by atoms with Gasteiger partial charge in [-0.3, -0.25) is 4.79 Å². The number of carbonyl (C=O) groups excluding carboxylic acids is 1. The fraction of sp³-hybridized carbons (Fsp3) is 0.381. The molecule has 1 fully saturated rings. The second-order valence-corrected chi connectivity index (χ2v) is 9.38. The Labute approximate surface area is 187 Å². The van der Waals surface area contributed by atoms with Gasteiger partial charge in [-0.05, 0) is 43.5 Å². The van der Waals surface area contributed by atoms with E-state index in [1.807, 2.05) is 0 Å². The molecule has 1 aliphatic heterocycles. The van der Waals surface area contributed by atoms with Gasteiger partial charge in [0.15, 0.2) is 11.5 Å². The maximum atomic E-state index is 13.3. The van der Waals surface area contributed by atoms with Crippen LogP contribution in [0.2, 0.25) is 5.02 Å². The average Bonchev–Trinajstić information content (AvgIpc) is 3.26. The zero-order valence-corrected chi connectivity index (χ0v) is 19.3. The number of methoxy groups -OCH3 is 3. The lowest BCUT2D eigenvalue weighted by Crippen LogP contribution is -2.43. The number of hydrogen-bond donors (Lipinski definition) is 1. The molecular formula is C21H25ClN2O6S. The number of amides is 1. The first kappa shape index (κ1) is 23.2. The van der Waals surface area contributed by atoms with Crippen molar-refractivity contribution in [2.24, 2.45) is 0 Å². The lowest BCUT2D eigenvalue weighted by Gasteiger charge is -2.24. The lowest BCUT2D eigenvalue weighted by molar-refractivity contribution is -0.119. The molecular weight excluding hydrogens is 444 g/mol. The van der Waals surface area contributed by atoms with Crippen LogP contribution in [0.4, 0.5) is 5.69 Å². The Morgan fingerprint density at radius 3 is 2.39 bits per heavy atom. The predicted octanol–water partition coefficient (Wildman–Crippen LogP) is 3.47. The van der Waals surface area contributed by atoms with E-state index in [4.69, 9.17) is 25.8 Å². The predicted molar refractivity (Wildman–Crippen MR) is 118 cm³/mol. The Hall–Kier alpha value is -2.49. The highest BCUT2D eigenvalue weighted by atomic mass is 35.5. The summed E-state index contributed by atoms with van der Waals surface area (Å²) in [6.07, 6.45) is 0.981. The summed E-state index contributed by atoms with van der Waals surface area (Å²) in [6.45, 7) is 2.05. The van der Waals surface area contributed by atoms with Gasteiger partial charge in [0, 0.05) is 23.7 Å². The number of halogens is 1. The van der Waals surface area contributed by atoms with E-state index in [1.54, 1.807) is 19.1 Å². The Morgan fingerprint density at radius 2 is 1.74 bits per heavy atom. The molecule has 0 aliphatic carbocycles. The third-order valence-corrected chi connectivity index (χ3v) is 7.52. The van der Waals surface area contributed by atoms with Crippen molar-refractivity contribution in [1.82, 2.24) is 4.31 Å². The summed E-state index contributed by atoms with van der Waals surface area (Å²) in [7, 11) is 0.448. The zero-order valence-electron chi connectivity index (χ0n) is 17.8. The molecule has 1 amide bonds. The molecule has 10 heteroatoms. The molecule has 0 radical (unpaired) electrons. The van der Waals surface area contributed by atoms with Crippen LogP contribution in [-0.4, -0.2) is 52.5 Å². The van der Waals surface area contributed by atoms with Gasteiger partial charge in [0.1, 0.15) is 11.8 Å². The standard InChI is InChI=1S/C21H25ClN2O6S/c1-13-10-16(19(29-3)12-15(13)22)23-21(25)17-6-5-9-24(17)31(26,27)14-7-8-18(28-2)20(11-14)30-4/h7-8,10-12,17H,5-6,9H2,1-4H3,(H,23,25). The van der Waals surface area contributed by atoms with Gasteiger partial charge in [0.05, 0.1) is 31.9 Å². The normalized spacial score (nSPS) is 16.7. The van der Waals surface area contributed by atoms with Crippen molar-refractivity contribution in [1.29, 1.82) is 0 Å². The van der Waals surface area contributed by atoms with Gasteiger partial charge < -0.3 is 19.5 Å². The minimum absolute atomic E-state index is 0.0322. The summed E-state index contributed by atoms with van der Waals surface area (Å²) < 4.78 is 43.5. The van der Waals surface area contributed by atoms with E-state index in [1.165, 1.54) is 43.8 Å². The largest absolute Gasteiger partial charge is 0.495 e. The number of hydrogen-bond acceptors (Lipinski definition) is 6. The number of rotatable bonds is 7. The number of aryl methyl sites for hydroxylation is 1. The smallest absolute Gasteiger partial charge is 0.243 e. The van der Waals surface area contributed by atoms with E-state index in [0.29, 0.717) is 40.8 Å². The minimum Gasteiger partial charge on any atom is -0.495 e. The summed E-state index contributed by atoms with van der Waals surface area (Å²) in [5, 5.41) is 3.30. The van der Waals surface area contributed by atoms with Crippen LogP contribution in [0.3, 0.4) is 0 Å². The van der Waals surface area contributed by atoms with Crippen molar-refractivity contribution in [2.45, 2.75) is 30.7 Å². The molecule has 168 valence electrons. The molecule has 31 heavy (non-hydrogen) atoms. The Bertz CT molecular complexity index is 1090. The quantitative estimate of drug-likeness (QED) is 0.668. The molecule has 2 aromatic rings. The van der Waals surface area contributed by atoms with E-state index in [0.717, 1.165) is 5.56 Å². The van der Waals surface area contributed by atoms with Crippen molar-refractivity contribution in [2.75, 3.05) is 33.2 Å². The third-order valence-electron chi connectivity index (χ3n) is 5.21. The molecule has 3 rings (SSSR count). The van der Waals surface area contributed by atoms with Gasteiger partial charge in [0.25, 0.3) is 0 Å². The Morgan fingerprint density at radius 1 is 1.06 bits per heavy atom. The van der Waals surface area contributed by atoms with Gasteiger partial charge in [-0.25, -0.2) is 8.42 Å². The summed E-state index contributed by atoms with van der Waals surface area (Å²) in [5.41, 5.74) is 1.20. The van der Waals surface area contributed by atoms with Crippen LogP contribution in [0.15, 0.2) is 35.2 Å². The van der Waals surface area contributed by atoms with Gasteiger partial charge in [-0.15, -0.1) is 0 Å². The van der Waals surface area contributed by atoms with E-state index in [9.17, 15) is 13.2 Å². The Balaban J connectivity index is 1.88. The number of ether oxygens (including phenoxy) is 3. The number of sulfonamides is 1. The Kier molecular flexibility index (Phi) is 6.98. The molecule has 8 nitrogen and oxygen atoms in total. The molecule has 1 unspecified atom stereocenters. The molecule has 1 N–H and O–H groups in total. The molecule has 1 aliphatic rings. The number of benzene rings is 2. The van der Waals surface area contributed by atoms with Crippen LogP contribution in [0.5, 0.6) is 17.2 Å². The summed E-state index contributed by atoms with van der Waals surface area (Å²) in [4.78, 5) is 13.1. The second-order valence-electron chi connectivity index (χ2n) is 7.08. The lowest BCUT2D eigenvalue weighted by atomic mass is 10.1. The molecule has 0 bridgehead atoms. The van der Waals surface area contributed by atoms with Crippen LogP contribution in [-0.2, 0) is 14.8 Å². The van der Waals surface area contributed by atoms with Crippen LogP contribution >= 0.6 is 11.6 Å². The first-order chi connectivity index (χ1) is 14.7. The van der Waals surface area contributed by atoms with Gasteiger partial charge in [0.2, 0.25) is 15.9 Å².